The lowest BCUT2D eigenvalue weighted by molar-refractivity contribution is 0.443. The predicted molar refractivity (Wildman–Crippen MR) is 326 cm³/mol. The average Bonchev–Trinajstić information content (AvgIpc) is 2.75. The van der Waals surface area contributed by atoms with Crippen LogP contribution >= 0.6 is 0 Å². The van der Waals surface area contributed by atoms with Gasteiger partial charge in [-0.25, -0.2) is 0 Å². The summed E-state index contributed by atoms with van der Waals surface area (Å²) in [6.07, 6.45) is 6.54. The number of para-hydroxylation sites is 3. The second kappa shape index (κ2) is 18.4. The summed E-state index contributed by atoms with van der Waals surface area (Å²) in [4.78, 5) is 5.03. The summed E-state index contributed by atoms with van der Waals surface area (Å²) in [6, 6.07) is 98.8. The van der Waals surface area contributed by atoms with E-state index in [-0.39, 0.29) is 5.41 Å². The summed E-state index contributed by atoms with van der Waals surface area (Å²) < 4.78 is 0. The zero-order valence-corrected chi connectivity index (χ0v) is 44.3. The fraction of sp³-hybridized carbons (Fsp3) is 0.132. The van der Waals surface area contributed by atoms with Crippen molar-refractivity contribution in [3.8, 4) is 55.6 Å². The van der Waals surface area contributed by atoms with E-state index in [0.29, 0.717) is 5.92 Å². The van der Waals surface area contributed by atoms with Gasteiger partial charge in [-0.1, -0.05) is 221 Å². The van der Waals surface area contributed by atoms with Crippen molar-refractivity contribution < 1.29 is 0 Å². The first-order valence-electron chi connectivity index (χ1n) is 28.2. The highest BCUT2D eigenvalue weighted by molar-refractivity contribution is 6.03. The smallest absolute Gasteiger partial charge is 0.0727 e. The molecule has 11 aromatic carbocycles. The molecule has 0 aromatic heterocycles. The highest BCUT2D eigenvalue weighted by Crippen LogP contribution is 2.66. The van der Waals surface area contributed by atoms with Crippen LogP contribution in [0, 0.1) is 0 Å². The van der Waals surface area contributed by atoms with E-state index in [1.165, 1.54) is 127 Å². The minimum absolute atomic E-state index is 0.111. The van der Waals surface area contributed by atoms with Crippen LogP contribution in [0.1, 0.15) is 90.8 Å². The average molecular weight is 1000 g/mol. The van der Waals surface area contributed by atoms with Gasteiger partial charge in [-0.05, 0) is 175 Å². The maximum Gasteiger partial charge on any atom is 0.0727 e. The Balaban J connectivity index is 1.03. The fourth-order valence-electron chi connectivity index (χ4n) is 14.5. The van der Waals surface area contributed by atoms with Crippen molar-refractivity contribution in [3.05, 3.63) is 300 Å². The fourth-order valence-corrected chi connectivity index (χ4v) is 14.5. The van der Waals surface area contributed by atoms with E-state index in [0.717, 1.165) is 34.1 Å². The number of fused-ring (bicyclic) bond motifs is 13. The molecule has 1 atom stereocenters. The first-order valence-corrected chi connectivity index (χ1v) is 28.2. The monoisotopic (exact) mass is 1000 g/mol. The van der Waals surface area contributed by atoms with Gasteiger partial charge in [-0.15, -0.1) is 0 Å². The van der Waals surface area contributed by atoms with Gasteiger partial charge in [-0.2, -0.15) is 0 Å². The number of hydrogen-bond acceptors (Lipinski definition) is 2. The summed E-state index contributed by atoms with van der Waals surface area (Å²) in [5.74, 6) is 0.628. The van der Waals surface area contributed by atoms with Gasteiger partial charge in [0.15, 0.2) is 0 Å². The first kappa shape index (κ1) is 46.3. The number of hydrogen-bond donors (Lipinski definition) is 0. The molecule has 374 valence electrons. The van der Waals surface area contributed by atoms with Crippen molar-refractivity contribution in [1.82, 2.24) is 0 Å². The number of anilines is 6. The number of rotatable bonds is 9. The SMILES string of the molecule is CC1(C)c2ccccc2-c2cc(N(c3ccccc3)c3cc4c(cc3-c3ccccc3)-c3ccccc3C43c4ccccc4-c4cc(-c5ccc(C6CCCCC6)cc5)c(N(c5ccccc5)c5ccccc5)cc43)ccc21. The van der Waals surface area contributed by atoms with Crippen LogP contribution in [0.4, 0.5) is 34.1 Å². The van der Waals surface area contributed by atoms with Gasteiger partial charge in [0.05, 0.1) is 16.8 Å². The molecule has 0 saturated heterocycles. The molecule has 4 aliphatic rings. The Kier molecular flexibility index (Phi) is 10.9. The molecule has 15 rings (SSSR count). The number of benzene rings is 11. The number of nitrogens with zero attached hydrogens (tertiary/aromatic N) is 2. The van der Waals surface area contributed by atoms with E-state index in [2.05, 4.69) is 285 Å². The zero-order chi connectivity index (χ0) is 52.0. The lowest BCUT2D eigenvalue weighted by atomic mass is 9.70. The van der Waals surface area contributed by atoms with Gasteiger partial charge in [0.2, 0.25) is 0 Å². The highest BCUT2D eigenvalue weighted by atomic mass is 15.2. The summed E-state index contributed by atoms with van der Waals surface area (Å²) in [6.45, 7) is 4.74. The third-order valence-electron chi connectivity index (χ3n) is 18.1. The van der Waals surface area contributed by atoms with Crippen LogP contribution in [0.25, 0.3) is 55.6 Å². The lowest BCUT2D eigenvalue weighted by Crippen LogP contribution is -2.27. The quantitative estimate of drug-likeness (QED) is 0.142. The van der Waals surface area contributed by atoms with Crippen molar-refractivity contribution in [2.45, 2.75) is 62.7 Å². The van der Waals surface area contributed by atoms with Crippen molar-refractivity contribution in [1.29, 1.82) is 0 Å². The molecule has 4 aliphatic carbocycles. The predicted octanol–water partition coefficient (Wildman–Crippen LogP) is 20.7. The molecule has 0 aliphatic heterocycles. The normalized spacial score (nSPS) is 16.2. The molecule has 1 unspecified atom stereocenters. The minimum atomic E-state index is -0.664. The Bertz CT molecular complexity index is 4040. The van der Waals surface area contributed by atoms with Crippen LogP contribution in [0.2, 0.25) is 0 Å². The van der Waals surface area contributed by atoms with Crippen LogP contribution < -0.4 is 9.80 Å². The largest absolute Gasteiger partial charge is 0.310 e. The second-order valence-electron chi connectivity index (χ2n) is 22.6. The van der Waals surface area contributed by atoms with Crippen molar-refractivity contribution in [2.75, 3.05) is 9.80 Å². The molecule has 1 saturated carbocycles. The Labute approximate surface area is 459 Å². The summed E-state index contributed by atoms with van der Waals surface area (Å²) in [5.41, 5.74) is 27.9. The molecule has 1 spiro atoms. The first-order chi connectivity index (χ1) is 38.5. The van der Waals surface area contributed by atoms with Gasteiger partial charge in [0, 0.05) is 39.3 Å². The molecule has 0 amide bonds. The Morgan fingerprint density at radius 1 is 0.295 bits per heavy atom. The third kappa shape index (κ3) is 7.09. The van der Waals surface area contributed by atoms with Gasteiger partial charge in [0.25, 0.3) is 0 Å². The highest BCUT2D eigenvalue weighted by Gasteiger charge is 2.53. The van der Waals surface area contributed by atoms with E-state index in [1.54, 1.807) is 0 Å². The van der Waals surface area contributed by atoms with E-state index in [9.17, 15) is 0 Å². The third-order valence-corrected chi connectivity index (χ3v) is 18.1. The van der Waals surface area contributed by atoms with Crippen molar-refractivity contribution in [2.24, 2.45) is 0 Å². The lowest BCUT2D eigenvalue weighted by Gasteiger charge is -2.35. The molecular formula is C76H60N2. The minimum Gasteiger partial charge on any atom is -0.310 e. The molecule has 1 fully saturated rings. The van der Waals surface area contributed by atoms with Gasteiger partial charge in [-0.3, -0.25) is 0 Å². The summed E-state index contributed by atoms with van der Waals surface area (Å²) in [7, 11) is 0. The molecule has 2 nitrogen and oxygen atoms in total. The molecule has 0 bridgehead atoms. The topological polar surface area (TPSA) is 6.48 Å². The Hall–Kier alpha value is -8.98. The van der Waals surface area contributed by atoms with E-state index in [1.807, 2.05) is 0 Å². The molecule has 0 N–H and O–H groups in total. The molecule has 78 heavy (non-hydrogen) atoms. The summed E-state index contributed by atoms with van der Waals surface area (Å²) >= 11 is 0. The summed E-state index contributed by atoms with van der Waals surface area (Å²) in [5, 5.41) is 0. The van der Waals surface area contributed by atoms with Crippen LogP contribution in [0.5, 0.6) is 0 Å². The molecule has 0 heterocycles. The van der Waals surface area contributed by atoms with Crippen LogP contribution in [-0.2, 0) is 10.8 Å². The van der Waals surface area contributed by atoms with E-state index >= 15 is 0 Å². The zero-order valence-electron chi connectivity index (χ0n) is 44.3. The van der Waals surface area contributed by atoms with Crippen LogP contribution in [0.3, 0.4) is 0 Å². The van der Waals surface area contributed by atoms with E-state index < -0.39 is 5.41 Å². The van der Waals surface area contributed by atoms with Crippen LogP contribution in [-0.4, -0.2) is 0 Å². The molecule has 2 heteroatoms. The van der Waals surface area contributed by atoms with Gasteiger partial charge in [0.1, 0.15) is 0 Å². The molecule has 0 radical (unpaired) electrons. The van der Waals surface area contributed by atoms with Gasteiger partial charge < -0.3 is 9.80 Å². The maximum absolute atomic E-state index is 2.59. The Morgan fingerprint density at radius 3 is 1.21 bits per heavy atom. The van der Waals surface area contributed by atoms with E-state index in [4.69, 9.17) is 0 Å². The second-order valence-corrected chi connectivity index (χ2v) is 22.6. The molecular weight excluding hydrogens is 941 g/mol. The molecule has 11 aromatic rings. The van der Waals surface area contributed by atoms with Crippen LogP contribution in [0.15, 0.2) is 261 Å². The standard InChI is InChI=1S/C76H60N2/c1-75(2)67-37-21-18-34-59(67)64-46-58(44-45-68(64)75)78(57-32-16-7-17-33-57)74-50-72-65(47-62(74)53-26-10-4-11-27-53)60-35-19-22-38-69(60)76(72)70-39-23-20-36-61(70)66-48-63(54-42-40-52(41-43-54)51-24-8-3-9-25-51)73(49-71(66)76)77(55-28-12-5-13-29-55)56-30-14-6-15-31-56/h4-7,10-23,26-51H,3,8-9,24-25H2,1-2H3. The van der Waals surface area contributed by atoms with Gasteiger partial charge >= 0.3 is 0 Å². The van der Waals surface area contributed by atoms with Crippen molar-refractivity contribution in [3.63, 3.8) is 0 Å². The van der Waals surface area contributed by atoms with Crippen molar-refractivity contribution >= 4 is 34.1 Å². The maximum atomic E-state index is 2.59. The Morgan fingerprint density at radius 2 is 0.692 bits per heavy atom.